The predicted octanol–water partition coefficient (Wildman–Crippen LogP) is 3.12. The summed E-state index contributed by atoms with van der Waals surface area (Å²) in [4.78, 5) is 0. The molecule has 1 atom stereocenters. The smallest absolute Gasteiger partial charge is 0.315 e. The van der Waals surface area contributed by atoms with Gasteiger partial charge in [0.25, 0.3) is 0 Å². The van der Waals surface area contributed by atoms with E-state index in [0.29, 0.717) is 11.9 Å². The summed E-state index contributed by atoms with van der Waals surface area (Å²) in [6.45, 7) is 6.12. The molecule has 1 aliphatic carbocycles. The normalized spacial score (nSPS) is 18.4. The highest BCUT2D eigenvalue weighted by molar-refractivity contribution is 5.17. The van der Waals surface area contributed by atoms with E-state index in [1.807, 2.05) is 6.92 Å². The second kappa shape index (κ2) is 7.48. The molecule has 1 aliphatic rings. The number of aromatic nitrogens is 2. The number of hydrogen-bond donors (Lipinski definition) is 2. The monoisotopic (exact) mass is 266 g/mol. The van der Waals surface area contributed by atoms with Crippen LogP contribution in [0.5, 0.6) is 0 Å². The van der Waals surface area contributed by atoms with Crippen LogP contribution in [0.3, 0.4) is 0 Å². The van der Waals surface area contributed by atoms with Crippen LogP contribution in [0.4, 0.5) is 6.01 Å². The molecule has 0 spiro atoms. The van der Waals surface area contributed by atoms with Crippen LogP contribution in [0.15, 0.2) is 4.42 Å². The van der Waals surface area contributed by atoms with E-state index in [1.54, 1.807) is 0 Å². The molecule has 2 rings (SSSR count). The molecule has 0 bridgehead atoms. The van der Waals surface area contributed by atoms with Crippen molar-refractivity contribution in [2.75, 3.05) is 18.4 Å². The van der Waals surface area contributed by atoms with Gasteiger partial charge in [0.1, 0.15) is 0 Å². The van der Waals surface area contributed by atoms with Crippen molar-refractivity contribution < 1.29 is 4.42 Å². The van der Waals surface area contributed by atoms with Gasteiger partial charge in [-0.05, 0) is 38.6 Å². The predicted molar refractivity (Wildman–Crippen MR) is 76.1 cm³/mol. The highest BCUT2D eigenvalue weighted by Crippen LogP contribution is 2.24. The van der Waals surface area contributed by atoms with Gasteiger partial charge in [-0.1, -0.05) is 31.3 Å². The van der Waals surface area contributed by atoms with Crippen molar-refractivity contribution in [3.8, 4) is 0 Å². The highest BCUT2D eigenvalue weighted by Gasteiger charge is 2.16. The van der Waals surface area contributed by atoms with Gasteiger partial charge in [-0.15, -0.1) is 5.10 Å². The lowest BCUT2D eigenvalue weighted by Crippen LogP contribution is -2.19. The number of nitrogens with one attached hydrogen (secondary N) is 2. The van der Waals surface area contributed by atoms with Crippen molar-refractivity contribution in [1.82, 2.24) is 15.5 Å². The second-order valence-corrected chi connectivity index (χ2v) is 5.51. The Hall–Kier alpha value is -1.10. The molecule has 19 heavy (non-hydrogen) atoms. The van der Waals surface area contributed by atoms with Crippen molar-refractivity contribution in [3.05, 3.63) is 5.89 Å². The van der Waals surface area contributed by atoms with Crippen LogP contribution in [0.1, 0.15) is 64.3 Å². The third-order valence-electron chi connectivity index (χ3n) is 3.78. The zero-order valence-electron chi connectivity index (χ0n) is 12.1. The Morgan fingerprint density at radius 1 is 1.26 bits per heavy atom. The van der Waals surface area contributed by atoms with E-state index in [4.69, 9.17) is 4.42 Å². The average Bonchev–Trinajstić information content (AvgIpc) is 2.92. The fourth-order valence-corrected chi connectivity index (χ4v) is 2.55. The number of rotatable bonds is 7. The largest absolute Gasteiger partial charge is 0.406 e. The van der Waals surface area contributed by atoms with Gasteiger partial charge in [-0.3, -0.25) is 0 Å². The molecule has 5 nitrogen and oxygen atoms in total. The molecule has 5 heteroatoms. The first kappa shape index (κ1) is 14.3. The minimum absolute atomic E-state index is 0.123. The minimum atomic E-state index is 0.123. The number of nitrogens with zero attached hydrogens (tertiary/aromatic N) is 2. The molecule has 108 valence electrons. The maximum Gasteiger partial charge on any atom is 0.315 e. The van der Waals surface area contributed by atoms with Gasteiger partial charge in [-0.2, -0.15) is 0 Å². The van der Waals surface area contributed by atoms with Crippen LogP contribution in [0.25, 0.3) is 0 Å². The Bertz CT molecular complexity index is 360. The first-order valence-corrected chi connectivity index (χ1v) is 7.60. The van der Waals surface area contributed by atoms with E-state index in [1.165, 1.54) is 32.1 Å². The molecular weight excluding hydrogens is 240 g/mol. The zero-order chi connectivity index (χ0) is 13.5. The van der Waals surface area contributed by atoms with Crippen LogP contribution >= 0.6 is 0 Å². The first-order valence-electron chi connectivity index (χ1n) is 7.60. The molecule has 0 radical (unpaired) electrons. The number of hydrogen-bond acceptors (Lipinski definition) is 5. The molecular formula is C14H26N4O. The van der Waals surface area contributed by atoms with E-state index < -0.39 is 0 Å². The SMILES string of the molecule is CCCNC(C)c1nnc(NCC2CCCCC2)o1. The summed E-state index contributed by atoms with van der Waals surface area (Å²) in [5.41, 5.74) is 0. The summed E-state index contributed by atoms with van der Waals surface area (Å²) >= 11 is 0. The molecule has 1 fully saturated rings. The quantitative estimate of drug-likeness (QED) is 0.794. The van der Waals surface area contributed by atoms with E-state index in [9.17, 15) is 0 Å². The maximum atomic E-state index is 5.64. The van der Waals surface area contributed by atoms with Crippen molar-refractivity contribution in [3.63, 3.8) is 0 Å². The zero-order valence-corrected chi connectivity index (χ0v) is 12.1. The summed E-state index contributed by atoms with van der Waals surface area (Å²) in [6, 6.07) is 0.684. The van der Waals surface area contributed by atoms with Gasteiger partial charge in [-0.25, -0.2) is 0 Å². The summed E-state index contributed by atoms with van der Waals surface area (Å²) in [7, 11) is 0. The van der Waals surface area contributed by atoms with Crippen LogP contribution in [0.2, 0.25) is 0 Å². The van der Waals surface area contributed by atoms with Crippen molar-refractivity contribution >= 4 is 6.01 Å². The lowest BCUT2D eigenvalue weighted by Gasteiger charge is -2.20. The fourth-order valence-electron chi connectivity index (χ4n) is 2.55. The minimum Gasteiger partial charge on any atom is -0.406 e. The molecule has 1 saturated carbocycles. The lowest BCUT2D eigenvalue weighted by molar-refractivity contribution is 0.368. The molecule has 0 amide bonds. The van der Waals surface area contributed by atoms with Crippen LogP contribution in [0, 0.1) is 5.92 Å². The Labute approximate surface area is 115 Å². The Kier molecular flexibility index (Phi) is 5.63. The van der Waals surface area contributed by atoms with Gasteiger partial charge in [0, 0.05) is 6.54 Å². The lowest BCUT2D eigenvalue weighted by atomic mass is 9.89. The van der Waals surface area contributed by atoms with E-state index in [-0.39, 0.29) is 6.04 Å². The van der Waals surface area contributed by atoms with Crippen molar-refractivity contribution in [2.24, 2.45) is 5.92 Å². The van der Waals surface area contributed by atoms with Gasteiger partial charge >= 0.3 is 6.01 Å². The van der Waals surface area contributed by atoms with Crippen LogP contribution in [-0.2, 0) is 0 Å². The van der Waals surface area contributed by atoms with Gasteiger partial charge in [0.2, 0.25) is 5.89 Å². The standard InChI is InChI=1S/C14H26N4O/c1-3-9-15-11(2)13-17-18-14(19-13)16-10-12-7-5-4-6-8-12/h11-12,15H,3-10H2,1-2H3,(H,16,18). The Morgan fingerprint density at radius 2 is 2.05 bits per heavy atom. The molecule has 1 heterocycles. The summed E-state index contributed by atoms with van der Waals surface area (Å²) in [5, 5.41) is 14.8. The van der Waals surface area contributed by atoms with Crippen LogP contribution < -0.4 is 10.6 Å². The van der Waals surface area contributed by atoms with E-state index >= 15 is 0 Å². The molecule has 0 aliphatic heterocycles. The molecule has 0 aromatic carbocycles. The Balaban J connectivity index is 1.76. The van der Waals surface area contributed by atoms with Crippen molar-refractivity contribution in [2.45, 2.75) is 58.4 Å². The van der Waals surface area contributed by atoms with Gasteiger partial charge < -0.3 is 15.1 Å². The third-order valence-corrected chi connectivity index (χ3v) is 3.78. The molecule has 1 unspecified atom stereocenters. The number of anilines is 1. The first-order chi connectivity index (χ1) is 9.29. The highest BCUT2D eigenvalue weighted by atomic mass is 16.4. The maximum absolute atomic E-state index is 5.64. The molecule has 1 aromatic rings. The topological polar surface area (TPSA) is 63.0 Å². The van der Waals surface area contributed by atoms with Gasteiger partial charge in [0.05, 0.1) is 6.04 Å². The fraction of sp³-hybridized carbons (Fsp3) is 0.857. The molecule has 2 N–H and O–H groups in total. The van der Waals surface area contributed by atoms with E-state index in [2.05, 4.69) is 27.8 Å². The molecule has 0 saturated heterocycles. The second-order valence-electron chi connectivity index (χ2n) is 5.51. The van der Waals surface area contributed by atoms with E-state index in [0.717, 1.165) is 25.4 Å². The average molecular weight is 266 g/mol. The van der Waals surface area contributed by atoms with Crippen molar-refractivity contribution in [1.29, 1.82) is 0 Å². The summed E-state index contributed by atoms with van der Waals surface area (Å²) < 4.78 is 5.64. The summed E-state index contributed by atoms with van der Waals surface area (Å²) in [5.74, 6) is 1.43. The van der Waals surface area contributed by atoms with Crippen LogP contribution in [-0.4, -0.2) is 23.3 Å². The third kappa shape index (κ3) is 4.49. The summed E-state index contributed by atoms with van der Waals surface area (Å²) in [6.07, 6.45) is 7.86. The molecule has 1 aromatic heterocycles. The van der Waals surface area contributed by atoms with Gasteiger partial charge in [0.15, 0.2) is 0 Å². The Morgan fingerprint density at radius 3 is 2.79 bits per heavy atom.